The number of amides is 2. The van der Waals surface area contributed by atoms with E-state index in [4.69, 9.17) is 4.42 Å². The Morgan fingerprint density at radius 1 is 1.05 bits per heavy atom. The molecule has 3 aromatic rings. The topological polar surface area (TPSA) is 79.5 Å². The van der Waals surface area contributed by atoms with Crippen LogP contribution in [0.3, 0.4) is 0 Å². The van der Waals surface area contributed by atoms with Gasteiger partial charge in [0.2, 0.25) is 5.89 Å². The molecule has 1 saturated heterocycles. The third-order valence-corrected chi connectivity index (χ3v) is 6.04. The minimum Gasteiger partial charge on any atom is -0.415 e. The summed E-state index contributed by atoms with van der Waals surface area (Å²) in [6.07, 6.45) is -9.50. The number of carbonyl (C=O) groups is 2. The molecule has 0 unspecified atom stereocenters. The van der Waals surface area contributed by atoms with Gasteiger partial charge >= 0.3 is 18.5 Å². The maximum atomic E-state index is 15.8. The summed E-state index contributed by atoms with van der Waals surface area (Å²) in [4.78, 5) is 26.2. The molecule has 0 atom stereocenters. The van der Waals surface area contributed by atoms with Gasteiger partial charge in [-0.2, -0.15) is 22.0 Å². The number of carbonyl (C=O) groups excluding carboxylic acids is 2. The van der Waals surface area contributed by atoms with E-state index in [0.29, 0.717) is 4.90 Å². The fraction of sp³-hybridized carbons (Fsp3) is 0.333. The van der Waals surface area contributed by atoms with E-state index < -0.39 is 74.3 Å². The first-order valence-electron chi connectivity index (χ1n) is 11.2. The molecule has 202 valence electrons. The summed E-state index contributed by atoms with van der Waals surface area (Å²) in [6, 6.07) is 11.1. The maximum absolute atomic E-state index is 15.8. The molecular formula is C24H19F7N4O3. The van der Waals surface area contributed by atoms with Gasteiger partial charge in [-0.15, -0.1) is 10.2 Å². The highest BCUT2D eigenvalue weighted by Gasteiger charge is 2.49. The van der Waals surface area contributed by atoms with Crippen LogP contribution in [0, 0.1) is 5.82 Å². The number of aromatic nitrogens is 2. The minimum atomic E-state index is -5.12. The van der Waals surface area contributed by atoms with Crippen molar-refractivity contribution in [2.45, 2.75) is 37.7 Å². The van der Waals surface area contributed by atoms with Crippen LogP contribution < -0.4 is 4.90 Å². The van der Waals surface area contributed by atoms with E-state index in [9.17, 15) is 31.5 Å². The van der Waals surface area contributed by atoms with Crippen molar-refractivity contribution in [3.63, 3.8) is 0 Å². The highest BCUT2D eigenvalue weighted by Crippen LogP contribution is 2.34. The summed E-state index contributed by atoms with van der Waals surface area (Å²) in [5, 5.41) is 6.62. The molecule has 0 spiro atoms. The highest BCUT2D eigenvalue weighted by atomic mass is 19.4. The standard InChI is InChI=1S/C24H19F7N4O3/c25-17-12-14(19-32-33-20(38-19)18(26)27)6-7-15(17)13-35(16-4-2-1-3-5-16)21(36)23(28)8-10-34(11-9-23)22(37)24(29,30)31/h1-7,12,18H,8-11,13H2. The van der Waals surface area contributed by atoms with Crippen molar-refractivity contribution in [3.8, 4) is 11.5 Å². The van der Waals surface area contributed by atoms with Gasteiger partial charge in [0.15, 0.2) is 5.67 Å². The second kappa shape index (κ2) is 10.4. The van der Waals surface area contributed by atoms with Crippen molar-refractivity contribution >= 4 is 17.5 Å². The molecule has 7 nitrogen and oxygen atoms in total. The number of hydrogen-bond acceptors (Lipinski definition) is 5. The molecule has 0 saturated carbocycles. The lowest BCUT2D eigenvalue weighted by Gasteiger charge is -2.38. The quantitative estimate of drug-likeness (QED) is 0.397. The molecule has 1 fully saturated rings. The van der Waals surface area contributed by atoms with Crippen LogP contribution in [-0.2, 0) is 16.1 Å². The molecular weight excluding hydrogens is 525 g/mol. The van der Waals surface area contributed by atoms with E-state index >= 15 is 8.78 Å². The van der Waals surface area contributed by atoms with E-state index in [2.05, 4.69) is 10.2 Å². The predicted molar refractivity (Wildman–Crippen MR) is 118 cm³/mol. The molecule has 0 N–H and O–H groups in total. The number of likely N-dealkylation sites (tertiary alicyclic amines) is 1. The number of nitrogens with zero attached hydrogens (tertiary/aromatic N) is 4. The number of hydrogen-bond donors (Lipinski definition) is 0. The molecule has 38 heavy (non-hydrogen) atoms. The van der Waals surface area contributed by atoms with Gasteiger partial charge in [-0.05, 0) is 24.3 Å². The van der Waals surface area contributed by atoms with E-state index in [1.807, 2.05) is 0 Å². The number of alkyl halides is 6. The smallest absolute Gasteiger partial charge is 0.415 e. The average molecular weight is 544 g/mol. The van der Waals surface area contributed by atoms with Gasteiger partial charge in [0.25, 0.3) is 11.8 Å². The zero-order valence-electron chi connectivity index (χ0n) is 19.4. The van der Waals surface area contributed by atoms with Gasteiger partial charge in [0, 0.05) is 42.7 Å². The van der Waals surface area contributed by atoms with Gasteiger partial charge in [0.05, 0.1) is 6.54 Å². The fourth-order valence-corrected chi connectivity index (χ4v) is 4.01. The largest absolute Gasteiger partial charge is 0.471 e. The molecule has 4 rings (SSSR count). The molecule has 2 amide bonds. The van der Waals surface area contributed by atoms with Crippen LogP contribution in [0.4, 0.5) is 36.4 Å². The van der Waals surface area contributed by atoms with Gasteiger partial charge < -0.3 is 14.2 Å². The summed E-state index contributed by atoms with van der Waals surface area (Å²) < 4.78 is 99.3. The molecule has 0 bridgehead atoms. The lowest BCUT2D eigenvalue weighted by molar-refractivity contribution is -0.188. The zero-order valence-corrected chi connectivity index (χ0v) is 19.4. The maximum Gasteiger partial charge on any atom is 0.471 e. The Labute approximate surface area is 210 Å². The third kappa shape index (κ3) is 5.63. The molecule has 1 aliphatic heterocycles. The highest BCUT2D eigenvalue weighted by molar-refractivity contribution is 5.99. The van der Waals surface area contributed by atoms with Gasteiger partial charge in [-0.1, -0.05) is 24.3 Å². The summed E-state index contributed by atoms with van der Waals surface area (Å²) in [6.45, 7) is -1.72. The van der Waals surface area contributed by atoms with Gasteiger partial charge in [-0.3, -0.25) is 9.59 Å². The monoisotopic (exact) mass is 544 g/mol. The predicted octanol–water partition coefficient (Wildman–Crippen LogP) is 5.24. The van der Waals surface area contributed by atoms with Crippen LogP contribution in [0.1, 0.15) is 30.7 Å². The van der Waals surface area contributed by atoms with Crippen molar-refractivity contribution in [1.82, 2.24) is 15.1 Å². The average Bonchev–Trinajstić information content (AvgIpc) is 3.38. The second-order valence-corrected chi connectivity index (χ2v) is 8.53. The van der Waals surface area contributed by atoms with E-state index in [-0.39, 0.29) is 22.7 Å². The number of rotatable bonds is 6. The second-order valence-electron chi connectivity index (χ2n) is 8.53. The van der Waals surface area contributed by atoms with Crippen LogP contribution in [-0.4, -0.2) is 51.8 Å². The Kier molecular flexibility index (Phi) is 7.42. The van der Waals surface area contributed by atoms with Crippen molar-refractivity contribution in [2.24, 2.45) is 0 Å². The molecule has 0 radical (unpaired) electrons. The zero-order chi connectivity index (χ0) is 27.7. The normalized spacial score (nSPS) is 15.5. The van der Waals surface area contributed by atoms with Crippen LogP contribution in [0.15, 0.2) is 52.9 Å². The molecule has 14 heteroatoms. The van der Waals surface area contributed by atoms with Crippen molar-refractivity contribution in [2.75, 3.05) is 18.0 Å². The van der Waals surface area contributed by atoms with E-state index in [1.54, 1.807) is 18.2 Å². The van der Waals surface area contributed by atoms with E-state index in [1.165, 1.54) is 24.3 Å². The first-order chi connectivity index (χ1) is 17.9. The molecule has 2 heterocycles. The summed E-state index contributed by atoms with van der Waals surface area (Å²) >= 11 is 0. The Morgan fingerprint density at radius 2 is 1.71 bits per heavy atom. The lowest BCUT2D eigenvalue weighted by atomic mass is 9.91. The number of para-hydroxylation sites is 1. The SMILES string of the molecule is O=C(N1CCC(F)(C(=O)N(Cc2ccc(-c3nnc(C(F)F)o3)cc2F)c2ccccc2)CC1)C(F)(F)F. The van der Waals surface area contributed by atoms with Crippen LogP contribution >= 0.6 is 0 Å². The Bertz CT molecular complexity index is 1310. The summed E-state index contributed by atoms with van der Waals surface area (Å²) in [7, 11) is 0. The van der Waals surface area contributed by atoms with Crippen molar-refractivity contribution in [3.05, 3.63) is 65.8 Å². The summed E-state index contributed by atoms with van der Waals surface area (Å²) in [5.74, 6) is -5.40. The summed E-state index contributed by atoms with van der Waals surface area (Å²) in [5.41, 5.74) is -2.49. The van der Waals surface area contributed by atoms with Gasteiger partial charge in [0.1, 0.15) is 5.82 Å². The van der Waals surface area contributed by atoms with Crippen molar-refractivity contribution < 1.29 is 44.7 Å². The first-order valence-corrected chi connectivity index (χ1v) is 11.2. The van der Waals surface area contributed by atoms with Crippen LogP contribution in [0.5, 0.6) is 0 Å². The third-order valence-electron chi connectivity index (χ3n) is 6.04. The number of piperidine rings is 1. The Balaban J connectivity index is 1.57. The number of anilines is 1. The fourth-order valence-electron chi connectivity index (χ4n) is 4.01. The number of benzene rings is 2. The Morgan fingerprint density at radius 3 is 2.26 bits per heavy atom. The minimum absolute atomic E-state index is 0.00750. The molecule has 0 aliphatic carbocycles. The van der Waals surface area contributed by atoms with Crippen molar-refractivity contribution in [1.29, 1.82) is 0 Å². The van der Waals surface area contributed by atoms with Crippen LogP contribution in [0.25, 0.3) is 11.5 Å². The van der Waals surface area contributed by atoms with E-state index in [0.717, 1.165) is 11.0 Å². The number of halogens is 7. The Hall–Kier alpha value is -3.97. The molecule has 1 aliphatic rings. The molecule has 2 aromatic carbocycles. The van der Waals surface area contributed by atoms with Gasteiger partial charge in [-0.25, -0.2) is 8.78 Å². The molecule has 1 aromatic heterocycles. The van der Waals surface area contributed by atoms with Crippen LogP contribution in [0.2, 0.25) is 0 Å². The lowest BCUT2D eigenvalue weighted by Crippen LogP contribution is -2.55. The first kappa shape index (κ1) is 27.1.